The van der Waals surface area contributed by atoms with Crippen molar-refractivity contribution in [2.24, 2.45) is 0 Å². The van der Waals surface area contributed by atoms with Crippen LogP contribution in [0.1, 0.15) is 35.8 Å². The van der Waals surface area contributed by atoms with Crippen LogP contribution in [-0.4, -0.2) is 48.0 Å². The predicted molar refractivity (Wildman–Crippen MR) is 126 cm³/mol. The number of likely N-dealkylation sites (tertiary alicyclic amines) is 1. The van der Waals surface area contributed by atoms with Crippen LogP contribution in [-0.2, 0) is 11.2 Å². The first-order chi connectivity index (χ1) is 15.5. The number of benzene rings is 2. The van der Waals surface area contributed by atoms with E-state index in [0.29, 0.717) is 23.7 Å². The molecule has 7 heteroatoms. The molecule has 0 bridgehead atoms. The lowest BCUT2D eigenvalue weighted by atomic mass is 10.1. The Balaban J connectivity index is 1.43. The molecule has 0 saturated carbocycles. The van der Waals surface area contributed by atoms with Crippen LogP contribution in [0.3, 0.4) is 0 Å². The zero-order chi connectivity index (χ0) is 22.5. The summed E-state index contributed by atoms with van der Waals surface area (Å²) in [4.78, 5) is 26.0. The van der Waals surface area contributed by atoms with Gasteiger partial charge in [0, 0.05) is 50.0 Å². The Bertz CT molecular complexity index is 1090. The fourth-order valence-electron chi connectivity index (χ4n) is 3.98. The van der Waals surface area contributed by atoms with Gasteiger partial charge in [-0.25, -0.2) is 0 Å². The van der Waals surface area contributed by atoms with Crippen molar-refractivity contribution in [1.82, 2.24) is 14.9 Å². The van der Waals surface area contributed by atoms with E-state index in [1.165, 1.54) is 0 Å². The van der Waals surface area contributed by atoms with Crippen molar-refractivity contribution in [3.8, 4) is 5.75 Å². The fourth-order valence-corrected chi connectivity index (χ4v) is 4.19. The molecule has 166 valence electrons. The minimum Gasteiger partial charge on any atom is -0.484 e. The van der Waals surface area contributed by atoms with E-state index in [0.717, 1.165) is 35.5 Å². The van der Waals surface area contributed by atoms with Crippen LogP contribution in [0.5, 0.6) is 5.75 Å². The molecule has 0 spiro atoms. The SMILES string of the molecule is CN(C)c1cccc(OCC(=O)N2CCCC2c2cncc(Cc3cccc(Cl)c3)n2)c1. The Morgan fingerprint density at radius 1 is 1.19 bits per heavy atom. The van der Waals surface area contributed by atoms with E-state index in [4.69, 9.17) is 21.3 Å². The molecule has 1 aromatic heterocycles. The van der Waals surface area contributed by atoms with E-state index in [9.17, 15) is 4.79 Å². The standard InChI is InChI=1S/C25H27ClN4O2/c1-29(2)21-8-4-9-22(14-21)32-17-25(31)30-11-5-10-24(30)23-16-27-15-20(28-23)13-18-6-3-7-19(26)12-18/h3-4,6-9,12,14-16,24H,5,10-11,13,17H2,1-2H3. The molecule has 4 rings (SSSR count). The summed E-state index contributed by atoms with van der Waals surface area (Å²) in [5.74, 6) is 0.647. The van der Waals surface area contributed by atoms with Gasteiger partial charge in [0.2, 0.25) is 0 Å². The van der Waals surface area contributed by atoms with Crippen molar-refractivity contribution in [2.75, 3.05) is 32.1 Å². The molecule has 1 aliphatic heterocycles. The maximum atomic E-state index is 13.0. The maximum absolute atomic E-state index is 13.0. The number of rotatable bonds is 7. The van der Waals surface area contributed by atoms with E-state index in [1.807, 2.05) is 72.4 Å². The van der Waals surface area contributed by atoms with Gasteiger partial charge in [-0.1, -0.05) is 29.8 Å². The molecule has 0 radical (unpaired) electrons. The molecule has 2 aromatic carbocycles. The molecule has 0 aliphatic carbocycles. The second kappa shape index (κ2) is 10.0. The summed E-state index contributed by atoms with van der Waals surface area (Å²) in [6.45, 7) is 0.702. The first-order valence-corrected chi connectivity index (χ1v) is 11.1. The number of halogens is 1. The molecule has 6 nitrogen and oxygen atoms in total. The fraction of sp³-hybridized carbons (Fsp3) is 0.320. The van der Waals surface area contributed by atoms with Crippen LogP contribution >= 0.6 is 11.6 Å². The van der Waals surface area contributed by atoms with Crippen LogP contribution in [0.15, 0.2) is 60.9 Å². The quantitative estimate of drug-likeness (QED) is 0.529. The summed E-state index contributed by atoms with van der Waals surface area (Å²) in [5.41, 5.74) is 3.79. The van der Waals surface area contributed by atoms with Gasteiger partial charge < -0.3 is 14.5 Å². The van der Waals surface area contributed by atoms with Crippen molar-refractivity contribution in [1.29, 1.82) is 0 Å². The van der Waals surface area contributed by atoms with E-state index in [-0.39, 0.29) is 18.6 Å². The number of amides is 1. The van der Waals surface area contributed by atoms with Crippen LogP contribution in [0.25, 0.3) is 0 Å². The lowest BCUT2D eigenvalue weighted by Crippen LogP contribution is -2.35. The predicted octanol–water partition coefficient (Wildman–Crippen LogP) is 4.53. The minimum atomic E-state index is -0.0778. The average Bonchev–Trinajstić information content (AvgIpc) is 3.28. The Labute approximate surface area is 193 Å². The summed E-state index contributed by atoms with van der Waals surface area (Å²) in [6, 6.07) is 15.4. The first kappa shape index (κ1) is 22.1. The molecular weight excluding hydrogens is 424 g/mol. The zero-order valence-corrected chi connectivity index (χ0v) is 19.1. The smallest absolute Gasteiger partial charge is 0.261 e. The van der Waals surface area contributed by atoms with Crippen molar-refractivity contribution in [2.45, 2.75) is 25.3 Å². The lowest BCUT2D eigenvalue weighted by molar-refractivity contribution is -0.134. The van der Waals surface area contributed by atoms with Crippen LogP contribution in [0, 0.1) is 0 Å². The van der Waals surface area contributed by atoms with Crippen molar-refractivity contribution < 1.29 is 9.53 Å². The highest BCUT2D eigenvalue weighted by Crippen LogP contribution is 2.31. The molecule has 1 amide bonds. The van der Waals surface area contributed by atoms with Crippen LogP contribution in [0.2, 0.25) is 5.02 Å². The summed E-state index contributed by atoms with van der Waals surface area (Å²) >= 11 is 6.10. The number of carbonyl (C=O) groups excluding carboxylic acids is 1. The summed E-state index contributed by atoms with van der Waals surface area (Å²) in [7, 11) is 3.95. The number of ether oxygens (including phenoxy) is 1. The molecule has 1 unspecified atom stereocenters. The molecule has 1 atom stereocenters. The second-order valence-electron chi connectivity index (χ2n) is 8.17. The highest BCUT2D eigenvalue weighted by Gasteiger charge is 2.31. The number of aromatic nitrogens is 2. The van der Waals surface area contributed by atoms with E-state index < -0.39 is 0 Å². The van der Waals surface area contributed by atoms with Gasteiger partial charge >= 0.3 is 0 Å². The highest BCUT2D eigenvalue weighted by atomic mass is 35.5. The second-order valence-corrected chi connectivity index (χ2v) is 8.60. The minimum absolute atomic E-state index is 0.00299. The Kier molecular flexibility index (Phi) is 6.90. The number of hydrogen-bond donors (Lipinski definition) is 0. The largest absolute Gasteiger partial charge is 0.484 e. The Morgan fingerprint density at radius 2 is 2.03 bits per heavy atom. The third-order valence-corrected chi connectivity index (χ3v) is 5.82. The normalized spacial score (nSPS) is 15.6. The Morgan fingerprint density at radius 3 is 2.84 bits per heavy atom. The Hall–Kier alpha value is -3.12. The highest BCUT2D eigenvalue weighted by molar-refractivity contribution is 6.30. The third kappa shape index (κ3) is 5.37. The number of carbonyl (C=O) groups is 1. The summed E-state index contributed by atoms with van der Waals surface area (Å²) in [6.07, 6.45) is 5.99. The monoisotopic (exact) mass is 450 g/mol. The molecule has 0 N–H and O–H groups in total. The summed E-state index contributed by atoms with van der Waals surface area (Å²) < 4.78 is 5.80. The molecule has 2 heterocycles. The van der Waals surface area contributed by atoms with Crippen molar-refractivity contribution in [3.63, 3.8) is 0 Å². The molecule has 1 saturated heterocycles. The first-order valence-electron chi connectivity index (χ1n) is 10.7. The zero-order valence-electron chi connectivity index (χ0n) is 18.4. The molecule has 3 aromatic rings. The topological polar surface area (TPSA) is 58.6 Å². The lowest BCUT2D eigenvalue weighted by Gasteiger charge is -2.24. The van der Waals surface area contributed by atoms with Gasteiger partial charge in [0.15, 0.2) is 6.61 Å². The number of nitrogens with zero attached hydrogens (tertiary/aromatic N) is 4. The average molecular weight is 451 g/mol. The number of anilines is 1. The molecular formula is C25H27ClN4O2. The van der Waals surface area contributed by atoms with Gasteiger partial charge in [-0.2, -0.15) is 0 Å². The van der Waals surface area contributed by atoms with Gasteiger partial charge in [0.1, 0.15) is 5.75 Å². The molecule has 1 fully saturated rings. The molecule has 1 aliphatic rings. The van der Waals surface area contributed by atoms with Crippen molar-refractivity contribution in [3.05, 3.63) is 82.9 Å². The van der Waals surface area contributed by atoms with E-state index in [1.54, 1.807) is 12.4 Å². The van der Waals surface area contributed by atoms with Gasteiger partial charge in [-0.05, 0) is 42.7 Å². The van der Waals surface area contributed by atoms with Crippen LogP contribution in [0.4, 0.5) is 5.69 Å². The maximum Gasteiger partial charge on any atom is 0.261 e. The van der Waals surface area contributed by atoms with Gasteiger partial charge in [0.25, 0.3) is 5.91 Å². The van der Waals surface area contributed by atoms with Gasteiger partial charge in [-0.15, -0.1) is 0 Å². The molecule has 32 heavy (non-hydrogen) atoms. The van der Waals surface area contributed by atoms with Crippen molar-refractivity contribution >= 4 is 23.2 Å². The van der Waals surface area contributed by atoms with Gasteiger partial charge in [-0.3, -0.25) is 14.8 Å². The number of hydrogen-bond acceptors (Lipinski definition) is 5. The van der Waals surface area contributed by atoms with E-state index in [2.05, 4.69) is 4.98 Å². The summed E-state index contributed by atoms with van der Waals surface area (Å²) in [5, 5.41) is 0.704. The van der Waals surface area contributed by atoms with Gasteiger partial charge in [0.05, 0.1) is 23.6 Å². The third-order valence-electron chi connectivity index (χ3n) is 5.59. The van der Waals surface area contributed by atoms with E-state index >= 15 is 0 Å². The van der Waals surface area contributed by atoms with Crippen LogP contribution < -0.4 is 9.64 Å².